The van der Waals surface area contributed by atoms with Gasteiger partial charge in [-0.25, -0.2) is 0 Å². The fourth-order valence-corrected chi connectivity index (χ4v) is 1.42. The third-order valence-corrected chi connectivity index (χ3v) is 2.18. The predicted molar refractivity (Wildman–Crippen MR) is 67.9 cm³/mol. The van der Waals surface area contributed by atoms with Crippen LogP contribution in [0.4, 0.5) is 0 Å². The Morgan fingerprint density at radius 3 is 2.13 bits per heavy atom. The molecule has 0 amide bonds. The summed E-state index contributed by atoms with van der Waals surface area (Å²) in [5.41, 5.74) is 5.74. The molecule has 0 aromatic heterocycles. The summed E-state index contributed by atoms with van der Waals surface area (Å²) in [6.45, 7) is 15.1. The lowest BCUT2D eigenvalue weighted by atomic mass is 10.2. The Bertz CT molecular complexity index is 179. The van der Waals surface area contributed by atoms with Crippen molar-refractivity contribution in [3.63, 3.8) is 0 Å². The maximum Gasteiger partial charge on any atom is 0.0349 e. The fraction of sp³-hybridized carbons (Fsp3) is 0.500. The average molecular weight is 209 g/mol. The van der Waals surface area contributed by atoms with E-state index in [1.807, 2.05) is 18.2 Å². The molecule has 0 radical (unpaired) electrons. The minimum Gasteiger partial charge on any atom is -0.329 e. The molecule has 0 aromatic rings. The van der Waals surface area contributed by atoms with E-state index in [1.54, 1.807) is 0 Å². The van der Waals surface area contributed by atoms with Crippen molar-refractivity contribution in [3.05, 3.63) is 38.0 Å². The van der Waals surface area contributed by atoms with Gasteiger partial charge in [0.05, 0.1) is 0 Å². The van der Waals surface area contributed by atoms with Crippen LogP contribution >= 0.6 is 0 Å². The van der Waals surface area contributed by atoms with E-state index >= 15 is 0 Å². The van der Waals surface area contributed by atoms with Crippen LogP contribution in [0.3, 0.4) is 0 Å². The number of rotatable bonds is 10. The van der Waals surface area contributed by atoms with Gasteiger partial charge in [0.1, 0.15) is 0 Å². The topological polar surface area (TPSA) is 41.3 Å². The van der Waals surface area contributed by atoms with Crippen molar-refractivity contribution in [1.82, 2.24) is 10.2 Å². The molecule has 0 aliphatic rings. The smallest absolute Gasteiger partial charge is 0.0349 e. The van der Waals surface area contributed by atoms with Crippen LogP contribution in [0.2, 0.25) is 0 Å². The largest absolute Gasteiger partial charge is 0.329 e. The molecule has 1 atom stereocenters. The summed E-state index contributed by atoms with van der Waals surface area (Å²) in [5, 5.41) is 3.28. The second-order valence-electron chi connectivity index (χ2n) is 3.37. The van der Waals surface area contributed by atoms with E-state index in [0.717, 1.165) is 26.2 Å². The summed E-state index contributed by atoms with van der Waals surface area (Å²) in [6, 6.07) is 0.320. The summed E-state index contributed by atoms with van der Waals surface area (Å²) in [4.78, 5) is 2.25. The Kier molecular flexibility index (Phi) is 9.07. The van der Waals surface area contributed by atoms with Crippen molar-refractivity contribution < 1.29 is 0 Å². The van der Waals surface area contributed by atoms with Crippen LogP contribution in [-0.2, 0) is 0 Å². The van der Waals surface area contributed by atoms with E-state index in [4.69, 9.17) is 5.73 Å². The van der Waals surface area contributed by atoms with Gasteiger partial charge in [-0.2, -0.15) is 0 Å². The van der Waals surface area contributed by atoms with Crippen LogP contribution in [0.5, 0.6) is 0 Å². The number of nitrogens with one attached hydrogen (secondary N) is 1. The van der Waals surface area contributed by atoms with Gasteiger partial charge in [0.25, 0.3) is 0 Å². The summed E-state index contributed by atoms with van der Waals surface area (Å²) in [6.07, 6.45) is 5.62. The van der Waals surface area contributed by atoms with E-state index < -0.39 is 0 Å². The highest BCUT2D eigenvalue weighted by atomic mass is 15.2. The Labute approximate surface area is 93.3 Å². The van der Waals surface area contributed by atoms with Gasteiger partial charge < -0.3 is 11.1 Å². The van der Waals surface area contributed by atoms with Gasteiger partial charge in [-0.3, -0.25) is 4.90 Å². The summed E-state index contributed by atoms with van der Waals surface area (Å²) >= 11 is 0. The maximum atomic E-state index is 5.74. The van der Waals surface area contributed by atoms with Gasteiger partial charge in [-0.05, 0) is 0 Å². The van der Waals surface area contributed by atoms with Crippen molar-refractivity contribution in [2.45, 2.75) is 6.04 Å². The highest BCUT2D eigenvalue weighted by molar-refractivity contribution is 4.86. The van der Waals surface area contributed by atoms with Crippen molar-refractivity contribution in [2.75, 3.05) is 32.7 Å². The van der Waals surface area contributed by atoms with Gasteiger partial charge in [-0.15, -0.1) is 19.7 Å². The molecule has 15 heavy (non-hydrogen) atoms. The number of hydrogen-bond donors (Lipinski definition) is 2. The van der Waals surface area contributed by atoms with Gasteiger partial charge in [0.15, 0.2) is 0 Å². The van der Waals surface area contributed by atoms with E-state index in [1.165, 1.54) is 0 Å². The van der Waals surface area contributed by atoms with Crippen molar-refractivity contribution >= 4 is 0 Å². The average Bonchev–Trinajstić information content (AvgIpc) is 2.24. The van der Waals surface area contributed by atoms with Crippen LogP contribution in [0.25, 0.3) is 0 Å². The molecule has 0 aromatic carbocycles. The maximum absolute atomic E-state index is 5.74. The molecule has 0 fully saturated rings. The SMILES string of the molecule is C=CCNCC(CN)N(CC=C)CC=C. The third-order valence-electron chi connectivity index (χ3n) is 2.18. The molecule has 0 rings (SSSR count). The number of hydrogen-bond acceptors (Lipinski definition) is 3. The first-order valence-electron chi connectivity index (χ1n) is 5.27. The zero-order valence-corrected chi connectivity index (χ0v) is 9.49. The van der Waals surface area contributed by atoms with Gasteiger partial charge >= 0.3 is 0 Å². The molecule has 0 saturated carbocycles. The van der Waals surface area contributed by atoms with Crippen LogP contribution in [0, 0.1) is 0 Å². The van der Waals surface area contributed by atoms with Crippen LogP contribution < -0.4 is 11.1 Å². The number of nitrogens with zero attached hydrogens (tertiary/aromatic N) is 1. The van der Waals surface area contributed by atoms with Gasteiger partial charge in [0, 0.05) is 38.8 Å². The Morgan fingerprint density at radius 2 is 1.73 bits per heavy atom. The molecule has 3 heteroatoms. The minimum atomic E-state index is 0.320. The second kappa shape index (κ2) is 9.65. The van der Waals surface area contributed by atoms with Crippen molar-refractivity contribution in [3.8, 4) is 0 Å². The zero-order chi connectivity index (χ0) is 11.5. The molecule has 0 heterocycles. The Balaban J connectivity index is 4.09. The third kappa shape index (κ3) is 6.23. The Hall–Kier alpha value is -0.900. The predicted octanol–water partition coefficient (Wildman–Crippen LogP) is 0.763. The lowest BCUT2D eigenvalue weighted by molar-refractivity contribution is 0.240. The standard InChI is InChI=1S/C12H23N3/c1-4-7-14-11-12(10-13)15(8-5-2)9-6-3/h4-6,12,14H,1-3,7-11,13H2. The first-order chi connectivity index (χ1) is 7.29. The highest BCUT2D eigenvalue weighted by Crippen LogP contribution is 1.97. The molecule has 3 N–H and O–H groups in total. The molecule has 0 saturated heterocycles. The summed E-state index contributed by atoms with van der Waals surface area (Å²) < 4.78 is 0. The van der Waals surface area contributed by atoms with E-state index in [2.05, 4.69) is 30.0 Å². The lowest BCUT2D eigenvalue weighted by Crippen LogP contribution is -2.47. The van der Waals surface area contributed by atoms with Crippen molar-refractivity contribution in [1.29, 1.82) is 0 Å². The summed E-state index contributed by atoms with van der Waals surface area (Å²) in [7, 11) is 0. The molecule has 0 aliphatic heterocycles. The highest BCUT2D eigenvalue weighted by Gasteiger charge is 2.13. The Morgan fingerprint density at radius 1 is 1.13 bits per heavy atom. The molecule has 1 unspecified atom stereocenters. The lowest BCUT2D eigenvalue weighted by Gasteiger charge is -2.28. The van der Waals surface area contributed by atoms with Crippen molar-refractivity contribution in [2.24, 2.45) is 5.73 Å². The molecular formula is C12H23N3. The van der Waals surface area contributed by atoms with Crippen LogP contribution in [0.15, 0.2) is 38.0 Å². The summed E-state index contributed by atoms with van der Waals surface area (Å²) in [5.74, 6) is 0. The quantitative estimate of drug-likeness (QED) is 0.412. The number of nitrogens with two attached hydrogens (primary N) is 1. The molecule has 3 nitrogen and oxygen atoms in total. The first-order valence-corrected chi connectivity index (χ1v) is 5.27. The zero-order valence-electron chi connectivity index (χ0n) is 9.49. The van der Waals surface area contributed by atoms with E-state index in [-0.39, 0.29) is 0 Å². The van der Waals surface area contributed by atoms with Gasteiger partial charge in [0.2, 0.25) is 0 Å². The van der Waals surface area contributed by atoms with E-state index in [9.17, 15) is 0 Å². The molecule has 0 spiro atoms. The first kappa shape index (κ1) is 14.1. The molecule has 0 aliphatic carbocycles. The molecule has 0 bridgehead atoms. The molecule has 86 valence electrons. The fourth-order valence-electron chi connectivity index (χ4n) is 1.42. The monoisotopic (exact) mass is 209 g/mol. The van der Waals surface area contributed by atoms with Crippen LogP contribution in [-0.4, -0.2) is 43.7 Å². The van der Waals surface area contributed by atoms with Crippen LogP contribution in [0.1, 0.15) is 0 Å². The van der Waals surface area contributed by atoms with E-state index in [0.29, 0.717) is 12.6 Å². The molecular weight excluding hydrogens is 186 g/mol. The minimum absolute atomic E-state index is 0.320. The second-order valence-corrected chi connectivity index (χ2v) is 3.37. The van der Waals surface area contributed by atoms with Gasteiger partial charge in [-0.1, -0.05) is 18.2 Å². The normalized spacial score (nSPS) is 12.4.